The number of rotatable bonds is 7. The molecule has 0 bridgehead atoms. The fourth-order valence-corrected chi connectivity index (χ4v) is 3.64. The van der Waals surface area contributed by atoms with E-state index in [2.05, 4.69) is 5.32 Å². The SMILES string of the molecule is CCS(=O)(=O)CC(C)NCC(O)c1ccc(Cl)s1. The van der Waals surface area contributed by atoms with E-state index >= 15 is 0 Å². The van der Waals surface area contributed by atoms with Gasteiger partial charge in [0.25, 0.3) is 0 Å². The predicted octanol–water partition coefficient (Wildman–Crippen LogP) is 1.85. The van der Waals surface area contributed by atoms with Gasteiger partial charge in [-0.1, -0.05) is 18.5 Å². The highest BCUT2D eigenvalue weighted by atomic mass is 35.5. The molecule has 2 atom stereocenters. The number of hydrogen-bond donors (Lipinski definition) is 2. The summed E-state index contributed by atoms with van der Waals surface area (Å²) in [7, 11) is -2.99. The van der Waals surface area contributed by atoms with E-state index in [1.54, 1.807) is 26.0 Å². The van der Waals surface area contributed by atoms with Crippen molar-refractivity contribution >= 4 is 32.8 Å². The van der Waals surface area contributed by atoms with Gasteiger partial charge in [0, 0.05) is 23.2 Å². The van der Waals surface area contributed by atoms with Crippen molar-refractivity contribution in [1.29, 1.82) is 0 Å². The van der Waals surface area contributed by atoms with Crippen LogP contribution in [0.4, 0.5) is 0 Å². The van der Waals surface area contributed by atoms with Crippen molar-refractivity contribution in [2.45, 2.75) is 26.0 Å². The minimum atomic E-state index is -2.99. The van der Waals surface area contributed by atoms with Crippen molar-refractivity contribution in [3.8, 4) is 0 Å². The summed E-state index contributed by atoms with van der Waals surface area (Å²) >= 11 is 7.10. The molecule has 1 aromatic rings. The summed E-state index contributed by atoms with van der Waals surface area (Å²) in [6.45, 7) is 3.74. The first-order valence-corrected chi connectivity index (χ1v) is 8.72. The highest BCUT2D eigenvalue weighted by Gasteiger charge is 2.16. The summed E-state index contributed by atoms with van der Waals surface area (Å²) in [6, 6.07) is 3.32. The fourth-order valence-electron chi connectivity index (χ4n) is 1.48. The van der Waals surface area contributed by atoms with Gasteiger partial charge in [-0.05, 0) is 19.1 Å². The summed E-state index contributed by atoms with van der Waals surface area (Å²) < 4.78 is 23.4. The summed E-state index contributed by atoms with van der Waals surface area (Å²) in [5.41, 5.74) is 0. The number of aliphatic hydroxyl groups is 1. The highest BCUT2D eigenvalue weighted by molar-refractivity contribution is 7.91. The number of nitrogens with one attached hydrogen (secondary N) is 1. The van der Waals surface area contributed by atoms with Crippen LogP contribution in [0.15, 0.2) is 12.1 Å². The van der Waals surface area contributed by atoms with Crippen LogP contribution >= 0.6 is 22.9 Å². The number of sulfone groups is 1. The van der Waals surface area contributed by atoms with Gasteiger partial charge in [0.05, 0.1) is 10.1 Å². The lowest BCUT2D eigenvalue weighted by molar-refractivity contribution is 0.175. The zero-order valence-corrected chi connectivity index (χ0v) is 12.8. The lowest BCUT2D eigenvalue weighted by Crippen LogP contribution is -2.36. The van der Waals surface area contributed by atoms with Crippen molar-refractivity contribution in [3.63, 3.8) is 0 Å². The number of aliphatic hydroxyl groups excluding tert-OH is 1. The van der Waals surface area contributed by atoms with Crippen molar-refractivity contribution < 1.29 is 13.5 Å². The first kappa shape index (κ1) is 15.9. The zero-order chi connectivity index (χ0) is 13.8. The van der Waals surface area contributed by atoms with E-state index in [9.17, 15) is 13.5 Å². The summed E-state index contributed by atoms with van der Waals surface area (Å²) in [6.07, 6.45) is -0.658. The first-order chi connectivity index (χ1) is 8.34. The topological polar surface area (TPSA) is 66.4 Å². The van der Waals surface area contributed by atoms with Crippen LogP contribution in [0.25, 0.3) is 0 Å². The Hall–Kier alpha value is -0.140. The minimum Gasteiger partial charge on any atom is -0.386 e. The van der Waals surface area contributed by atoms with Crippen LogP contribution in [0.2, 0.25) is 4.34 Å². The minimum absolute atomic E-state index is 0.0847. The van der Waals surface area contributed by atoms with Crippen molar-refractivity contribution in [1.82, 2.24) is 5.32 Å². The van der Waals surface area contributed by atoms with Crippen molar-refractivity contribution in [3.05, 3.63) is 21.3 Å². The van der Waals surface area contributed by atoms with E-state index in [0.29, 0.717) is 10.9 Å². The molecule has 0 radical (unpaired) electrons. The monoisotopic (exact) mass is 311 g/mol. The van der Waals surface area contributed by atoms with Crippen molar-refractivity contribution in [2.75, 3.05) is 18.1 Å². The molecule has 104 valence electrons. The van der Waals surface area contributed by atoms with Gasteiger partial charge >= 0.3 is 0 Å². The Labute approximate surface area is 117 Å². The second-order valence-electron chi connectivity index (χ2n) is 4.17. The van der Waals surface area contributed by atoms with Gasteiger partial charge in [0.15, 0.2) is 9.84 Å². The average molecular weight is 312 g/mol. The molecule has 4 nitrogen and oxygen atoms in total. The molecule has 7 heteroatoms. The third-order valence-corrected chi connectivity index (χ3v) is 5.75. The molecular formula is C11H18ClNO3S2. The maximum atomic E-state index is 11.4. The summed E-state index contributed by atoms with van der Waals surface area (Å²) in [5.74, 6) is 0.226. The standard InChI is InChI=1S/C11H18ClNO3S2/c1-3-18(15,16)7-8(2)13-6-9(14)10-4-5-11(12)17-10/h4-5,8-9,13-14H,3,6-7H2,1-2H3. The molecule has 0 aliphatic rings. The van der Waals surface area contributed by atoms with Crippen LogP contribution in [0.3, 0.4) is 0 Å². The Bertz CT molecular complexity index is 472. The normalized spacial score (nSPS) is 15.6. The van der Waals surface area contributed by atoms with Gasteiger partial charge in [0.2, 0.25) is 0 Å². The molecule has 0 aliphatic carbocycles. The molecule has 2 N–H and O–H groups in total. The molecule has 0 spiro atoms. The van der Waals surface area contributed by atoms with Crippen LogP contribution in [-0.2, 0) is 9.84 Å². The van der Waals surface area contributed by atoms with E-state index in [0.717, 1.165) is 4.88 Å². The number of thiophene rings is 1. The largest absolute Gasteiger partial charge is 0.386 e. The van der Waals surface area contributed by atoms with E-state index in [1.165, 1.54) is 11.3 Å². The second kappa shape index (κ2) is 6.86. The molecule has 0 aromatic carbocycles. The van der Waals surface area contributed by atoms with Crippen LogP contribution in [0.5, 0.6) is 0 Å². The molecule has 1 rings (SSSR count). The molecule has 0 amide bonds. The maximum Gasteiger partial charge on any atom is 0.151 e. The van der Waals surface area contributed by atoms with Gasteiger partial charge in [-0.15, -0.1) is 11.3 Å². The molecule has 18 heavy (non-hydrogen) atoms. The molecule has 1 aromatic heterocycles. The smallest absolute Gasteiger partial charge is 0.151 e. The van der Waals surface area contributed by atoms with Crippen LogP contribution in [-0.4, -0.2) is 37.6 Å². The summed E-state index contributed by atoms with van der Waals surface area (Å²) in [5, 5.41) is 12.9. The maximum absolute atomic E-state index is 11.4. The molecule has 1 heterocycles. The first-order valence-electron chi connectivity index (χ1n) is 5.71. The molecule has 0 fully saturated rings. The Balaban J connectivity index is 2.41. The quantitative estimate of drug-likeness (QED) is 0.806. The van der Waals surface area contributed by atoms with Gasteiger partial charge in [-0.25, -0.2) is 8.42 Å². The number of hydrogen-bond acceptors (Lipinski definition) is 5. The number of halogens is 1. The summed E-state index contributed by atoms with van der Waals surface area (Å²) in [4.78, 5) is 0.776. The molecular weight excluding hydrogens is 294 g/mol. The third kappa shape index (κ3) is 5.24. The fraction of sp³-hybridized carbons (Fsp3) is 0.636. The third-order valence-electron chi connectivity index (χ3n) is 2.53. The lowest BCUT2D eigenvalue weighted by atomic mass is 10.2. The Morgan fingerprint density at radius 1 is 1.50 bits per heavy atom. The van der Waals surface area contributed by atoms with E-state index in [-0.39, 0.29) is 17.5 Å². The molecule has 0 aliphatic heterocycles. The van der Waals surface area contributed by atoms with Gasteiger partial charge in [-0.3, -0.25) is 0 Å². The van der Waals surface area contributed by atoms with E-state index < -0.39 is 15.9 Å². The lowest BCUT2D eigenvalue weighted by Gasteiger charge is -2.16. The van der Waals surface area contributed by atoms with Crippen LogP contribution in [0.1, 0.15) is 24.8 Å². The van der Waals surface area contributed by atoms with E-state index in [1.807, 2.05) is 0 Å². The zero-order valence-electron chi connectivity index (χ0n) is 10.4. The Kier molecular flexibility index (Phi) is 6.07. The Morgan fingerprint density at radius 2 is 2.17 bits per heavy atom. The second-order valence-corrected chi connectivity index (χ2v) is 8.31. The highest BCUT2D eigenvalue weighted by Crippen LogP contribution is 2.26. The average Bonchev–Trinajstić information content (AvgIpc) is 2.72. The molecule has 2 unspecified atom stereocenters. The van der Waals surface area contributed by atoms with Crippen LogP contribution in [0, 0.1) is 0 Å². The molecule has 0 saturated heterocycles. The van der Waals surface area contributed by atoms with Gasteiger partial charge < -0.3 is 10.4 Å². The molecule has 0 saturated carbocycles. The van der Waals surface area contributed by atoms with Crippen molar-refractivity contribution in [2.24, 2.45) is 0 Å². The van der Waals surface area contributed by atoms with Gasteiger partial charge in [-0.2, -0.15) is 0 Å². The Morgan fingerprint density at radius 3 is 2.67 bits per heavy atom. The van der Waals surface area contributed by atoms with Crippen LogP contribution < -0.4 is 5.32 Å². The predicted molar refractivity (Wildman–Crippen MR) is 76.1 cm³/mol. The van der Waals surface area contributed by atoms with Gasteiger partial charge in [0.1, 0.15) is 6.10 Å². The van der Waals surface area contributed by atoms with E-state index in [4.69, 9.17) is 11.6 Å².